The fourth-order valence-electron chi connectivity index (χ4n) is 2.68. The summed E-state index contributed by atoms with van der Waals surface area (Å²) in [6.07, 6.45) is 3.47. The van der Waals surface area contributed by atoms with Crippen molar-refractivity contribution in [2.24, 2.45) is 0 Å². The van der Waals surface area contributed by atoms with Gasteiger partial charge in [0.15, 0.2) is 0 Å². The molecule has 0 unspecified atom stereocenters. The first kappa shape index (κ1) is 16.9. The van der Waals surface area contributed by atoms with E-state index < -0.39 is 0 Å². The highest BCUT2D eigenvalue weighted by Gasteiger charge is 2.22. The van der Waals surface area contributed by atoms with Crippen molar-refractivity contribution < 1.29 is 4.79 Å². The number of carbonyl (C=O) groups is 1. The topological polar surface area (TPSA) is 48.5 Å². The Bertz CT molecular complexity index is 703. The van der Waals surface area contributed by atoms with Crippen LogP contribution in [0, 0.1) is 0 Å². The predicted octanol–water partition coefficient (Wildman–Crippen LogP) is 3.42. The quantitative estimate of drug-likeness (QED) is 0.907. The molecule has 7 heteroatoms. The van der Waals surface area contributed by atoms with E-state index in [0.29, 0.717) is 29.7 Å². The second-order valence-corrected chi connectivity index (χ2v) is 6.43. The number of rotatable bonds is 3. The van der Waals surface area contributed by atoms with E-state index in [1.165, 1.54) is 0 Å². The number of hydrogen-bond donors (Lipinski definition) is 1. The lowest BCUT2D eigenvalue weighted by atomic mass is 10.2. The summed E-state index contributed by atoms with van der Waals surface area (Å²) < 4.78 is 0. The fourth-order valence-corrected chi connectivity index (χ4v) is 3.21. The highest BCUT2D eigenvalue weighted by molar-refractivity contribution is 6.36. The summed E-state index contributed by atoms with van der Waals surface area (Å²) in [5.74, 6) is 0. The maximum atomic E-state index is 12.3. The third-order valence-corrected chi connectivity index (χ3v) is 4.52. The summed E-state index contributed by atoms with van der Waals surface area (Å²) in [4.78, 5) is 20.3. The Balaban J connectivity index is 1.52. The number of benzene rings is 1. The second-order valence-electron chi connectivity index (χ2n) is 5.59. The van der Waals surface area contributed by atoms with Crippen LogP contribution in [-0.4, -0.2) is 42.1 Å². The van der Waals surface area contributed by atoms with Crippen molar-refractivity contribution in [3.8, 4) is 0 Å². The van der Waals surface area contributed by atoms with Gasteiger partial charge in [0.25, 0.3) is 0 Å². The third kappa shape index (κ3) is 4.10. The number of aromatic nitrogens is 1. The van der Waals surface area contributed by atoms with E-state index in [4.69, 9.17) is 23.2 Å². The molecule has 1 saturated heterocycles. The summed E-state index contributed by atoms with van der Waals surface area (Å²) in [6.45, 7) is 3.26. The van der Waals surface area contributed by atoms with Crippen LogP contribution in [0.25, 0.3) is 0 Å². The highest BCUT2D eigenvalue weighted by Crippen LogP contribution is 2.29. The zero-order chi connectivity index (χ0) is 16.9. The first-order valence-electron chi connectivity index (χ1n) is 7.75. The minimum atomic E-state index is -0.0549. The van der Waals surface area contributed by atoms with Crippen molar-refractivity contribution in [2.45, 2.75) is 6.54 Å². The number of halogens is 2. The van der Waals surface area contributed by atoms with Crippen LogP contribution in [0.4, 0.5) is 10.5 Å². The van der Waals surface area contributed by atoms with Crippen LogP contribution in [-0.2, 0) is 6.54 Å². The first-order valence-corrected chi connectivity index (χ1v) is 8.51. The van der Waals surface area contributed by atoms with Crippen LogP contribution < -0.4 is 10.2 Å². The lowest BCUT2D eigenvalue weighted by molar-refractivity contribution is 0.194. The van der Waals surface area contributed by atoms with Gasteiger partial charge in [-0.3, -0.25) is 4.98 Å². The van der Waals surface area contributed by atoms with E-state index in [0.717, 1.165) is 24.3 Å². The van der Waals surface area contributed by atoms with Gasteiger partial charge in [0.2, 0.25) is 0 Å². The molecule has 0 spiro atoms. The van der Waals surface area contributed by atoms with Crippen LogP contribution in [0.1, 0.15) is 5.56 Å². The predicted molar refractivity (Wildman–Crippen MR) is 96.7 cm³/mol. The van der Waals surface area contributed by atoms with Crippen molar-refractivity contribution in [1.29, 1.82) is 0 Å². The van der Waals surface area contributed by atoms with E-state index in [9.17, 15) is 4.79 Å². The summed E-state index contributed by atoms with van der Waals surface area (Å²) in [6, 6.07) is 9.23. The number of nitrogens with one attached hydrogen (secondary N) is 1. The molecule has 24 heavy (non-hydrogen) atoms. The monoisotopic (exact) mass is 364 g/mol. The Hall–Kier alpha value is -1.98. The van der Waals surface area contributed by atoms with Gasteiger partial charge in [0.1, 0.15) is 0 Å². The van der Waals surface area contributed by atoms with Crippen LogP contribution in [0.15, 0.2) is 42.7 Å². The van der Waals surface area contributed by atoms with Crippen molar-refractivity contribution in [1.82, 2.24) is 15.2 Å². The smallest absolute Gasteiger partial charge is 0.317 e. The number of pyridine rings is 1. The highest BCUT2D eigenvalue weighted by atomic mass is 35.5. The van der Waals surface area contributed by atoms with Crippen LogP contribution in [0.2, 0.25) is 10.0 Å². The van der Waals surface area contributed by atoms with Gasteiger partial charge in [0.05, 0.1) is 10.7 Å². The number of piperazine rings is 1. The summed E-state index contributed by atoms with van der Waals surface area (Å²) >= 11 is 12.2. The maximum absolute atomic E-state index is 12.3. The molecule has 2 heterocycles. The van der Waals surface area contributed by atoms with E-state index in [2.05, 4.69) is 15.2 Å². The van der Waals surface area contributed by atoms with Crippen LogP contribution >= 0.6 is 23.2 Å². The van der Waals surface area contributed by atoms with E-state index >= 15 is 0 Å². The van der Waals surface area contributed by atoms with Crippen molar-refractivity contribution in [3.05, 3.63) is 58.3 Å². The molecule has 2 aromatic rings. The van der Waals surface area contributed by atoms with E-state index in [1.807, 2.05) is 29.2 Å². The van der Waals surface area contributed by atoms with Gasteiger partial charge in [-0.05, 0) is 29.8 Å². The normalized spacial score (nSPS) is 14.6. The summed E-state index contributed by atoms with van der Waals surface area (Å²) in [5, 5.41) is 4.19. The number of carbonyl (C=O) groups excluding carboxylic acids is 1. The molecule has 1 N–H and O–H groups in total. The molecular formula is C17H18Cl2N4O. The molecule has 5 nitrogen and oxygen atoms in total. The lowest BCUT2D eigenvalue weighted by Crippen LogP contribution is -2.51. The second kappa shape index (κ2) is 7.73. The van der Waals surface area contributed by atoms with E-state index in [1.54, 1.807) is 18.5 Å². The fraction of sp³-hybridized carbons (Fsp3) is 0.294. The molecule has 3 rings (SSSR count). The minimum Gasteiger partial charge on any atom is -0.367 e. The standard InChI is InChI=1S/C17H18Cl2N4O/c18-14-3-4-16(15(19)10-14)22-6-8-23(9-7-22)17(24)21-12-13-2-1-5-20-11-13/h1-5,10-11H,6-9,12H2,(H,21,24). The Labute approximate surface area is 151 Å². The molecule has 1 aromatic carbocycles. The van der Waals surface area contributed by atoms with Gasteiger partial charge in [-0.1, -0.05) is 29.3 Å². The van der Waals surface area contributed by atoms with Crippen molar-refractivity contribution >= 4 is 34.9 Å². The Morgan fingerprint density at radius 3 is 2.62 bits per heavy atom. The summed E-state index contributed by atoms with van der Waals surface area (Å²) in [7, 11) is 0. The molecule has 2 amide bonds. The number of urea groups is 1. The summed E-state index contributed by atoms with van der Waals surface area (Å²) in [5.41, 5.74) is 1.94. The molecule has 0 aliphatic carbocycles. The minimum absolute atomic E-state index is 0.0549. The Morgan fingerprint density at radius 2 is 1.96 bits per heavy atom. The Morgan fingerprint density at radius 1 is 1.17 bits per heavy atom. The number of hydrogen-bond acceptors (Lipinski definition) is 3. The average molecular weight is 365 g/mol. The molecule has 1 aromatic heterocycles. The molecule has 1 fully saturated rings. The number of anilines is 1. The van der Waals surface area contributed by atoms with Crippen LogP contribution in [0.3, 0.4) is 0 Å². The number of amides is 2. The van der Waals surface area contributed by atoms with Gasteiger partial charge in [-0.2, -0.15) is 0 Å². The molecular weight excluding hydrogens is 347 g/mol. The third-order valence-electron chi connectivity index (χ3n) is 3.98. The van der Waals surface area contributed by atoms with Gasteiger partial charge in [-0.15, -0.1) is 0 Å². The molecule has 126 valence electrons. The molecule has 0 bridgehead atoms. The lowest BCUT2D eigenvalue weighted by Gasteiger charge is -2.36. The zero-order valence-electron chi connectivity index (χ0n) is 13.1. The Kier molecular flexibility index (Phi) is 5.43. The molecule has 0 saturated carbocycles. The van der Waals surface area contributed by atoms with Crippen molar-refractivity contribution in [2.75, 3.05) is 31.1 Å². The SMILES string of the molecule is O=C(NCc1cccnc1)N1CCN(c2ccc(Cl)cc2Cl)CC1. The largest absolute Gasteiger partial charge is 0.367 e. The molecule has 1 aliphatic heterocycles. The maximum Gasteiger partial charge on any atom is 0.317 e. The van der Waals surface area contributed by atoms with Gasteiger partial charge in [-0.25, -0.2) is 4.79 Å². The average Bonchev–Trinajstić information content (AvgIpc) is 2.61. The van der Waals surface area contributed by atoms with Crippen molar-refractivity contribution in [3.63, 3.8) is 0 Å². The van der Waals surface area contributed by atoms with Gasteiger partial charge < -0.3 is 15.1 Å². The van der Waals surface area contributed by atoms with Gasteiger partial charge in [0, 0.05) is 50.1 Å². The molecule has 1 aliphatic rings. The van der Waals surface area contributed by atoms with E-state index in [-0.39, 0.29) is 6.03 Å². The molecule has 0 atom stereocenters. The first-order chi connectivity index (χ1) is 11.6. The van der Waals surface area contributed by atoms with Crippen LogP contribution in [0.5, 0.6) is 0 Å². The number of nitrogens with zero attached hydrogens (tertiary/aromatic N) is 3. The molecule has 0 radical (unpaired) electrons. The van der Waals surface area contributed by atoms with Gasteiger partial charge >= 0.3 is 6.03 Å². The zero-order valence-corrected chi connectivity index (χ0v) is 14.6.